The van der Waals surface area contributed by atoms with Gasteiger partial charge in [0.05, 0.1) is 12.3 Å². The largest absolute Gasteiger partial charge is 0.468 e. The zero-order chi connectivity index (χ0) is 12.8. The molecule has 0 radical (unpaired) electrons. The number of hydrogen-bond acceptors (Lipinski definition) is 3. The average Bonchev–Trinajstić information content (AvgIpc) is 3.02. The van der Waals surface area contributed by atoms with Gasteiger partial charge < -0.3 is 9.73 Å². The van der Waals surface area contributed by atoms with Gasteiger partial charge in [-0.25, -0.2) is 0 Å². The van der Waals surface area contributed by atoms with Gasteiger partial charge in [-0.1, -0.05) is 6.92 Å². The molecule has 1 fully saturated rings. The fraction of sp³-hybridized carbons (Fsp3) is 0.643. The third-order valence-corrected chi connectivity index (χ3v) is 3.42. The molecule has 1 amide bonds. The summed E-state index contributed by atoms with van der Waals surface area (Å²) in [6.45, 7) is 4.85. The van der Waals surface area contributed by atoms with Crippen LogP contribution in [-0.2, 0) is 4.79 Å². The molecule has 100 valence electrons. The molecule has 1 aliphatic rings. The Morgan fingerprint density at radius 3 is 2.89 bits per heavy atom. The molecule has 18 heavy (non-hydrogen) atoms. The smallest absolute Gasteiger partial charge is 0.220 e. The lowest BCUT2D eigenvalue weighted by Crippen LogP contribution is -2.36. The normalized spacial score (nSPS) is 17.8. The molecule has 0 aromatic carbocycles. The van der Waals surface area contributed by atoms with E-state index in [9.17, 15) is 4.79 Å². The van der Waals surface area contributed by atoms with E-state index < -0.39 is 0 Å². The lowest BCUT2D eigenvalue weighted by molar-refractivity contribution is -0.121. The number of rotatable bonds is 6. The molecule has 4 heteroatoms. The second-order valence-electron chi connectivity index (χ2n) is 4.83. The zero-order valence-corrected chi connectivity index (χ0v) is 11.0. The van der Waals surface area contributed by atoms with Crippen molar-refractivity contribution in [2.24, 2.45) is 0 Å². The van der Waals surface area contributed by atoms with E-state index in [1.165, 1.54) is 12.8 Å². The van der Waals surface area contributed by atoms with Crippen LogP contribution in [0.2, 0.25) is 0 Å². The minimum Gasteiger partial charge on any atom is -0.468 e. The summed E-state index contributed by atoms with van der Waals surface area (Å²) in [7, 11) is 0. The van der Waals surface area contributed by atoms with E-state index in [0.29, 0.717) is 13.0 Å². The number of carbonyl (C=O) groups excluding carboxylic acids is 1. The number of amides is 1. The molecule has 0 spiro atoms. The first-order chi connectivity index (χ1) is 8.81. The van der Waals surface area contributed by atoms with Crippen LogP contribution in [0.1, 0.15) is 44.4 Å². The summed E-state index contributed by atoms with van der Waals surface area (Å²) >= 11 is 0. The lowest BCUT2D eigenvalue weighted by atomic mass is 10.2. The van der Waals surface area contributed by atoms with Crippen LogP contribution in [0.5, 0.6) is 0 Å². The topological polar surface area (TPSA) is 45.5 Å². The molecule has 0 aliphatic carbocycles. The molecule has 4 nitrogen and oxygen atoms in total. The first-order valence-electron chi connectivity index (χ1n) is 6.85. The summed E-state index contributed by atoms with van der Waals surface area (Å²) in [6.07, 6.45) is 5.67. The minimum atomic E-state index is 0.133. The molecule has 0 saturated carbocycles. The van der Waals surface area contributed by atoms with Crippen molar-refractivity contribution in [3.63, 3.8) is 0 Å². The first kappa shape index (κ1) is 13.1. The Hall–Kier alpha value is -1.29. The van der Waals surface area contributed by atoms with Gasteiger partial charge in [0.15, 0.2) is 0 Å². The van der Waals surface area contributed by atoms with Gasteiger partial charge in [0, 0.05) is 13.0 Å². The van der Waals surface area contributed by atoms with Crippen LogP contribution < -0.4 is 5.32 Å². The van der Waals surface area contributed by atoms with Crippen LogP contribution in [-0.4, -0.2) is 30.4 Å². The summed E-state index contributed by atoms with van der Waals surface area (Å²) in [4.78, 5) is 14.0. The van der Waals surface area contributed by atoms with Crippen LogP contribution in [0.25, 0.3) is 0 Å². The van der Waals surface area contributed by atoms with Gasteiger partial charge in [-0.2, -0.15) is 0 Å². The van der Waals surface area contributed by atoms with Gasteiger partial charge in [-0.15, -0.1) is 0 Å². The predicted molar refractivity (Wildman–Crippen MR) is 70.2 cm³/mol. The van der Waals surface area contributed by atoms with Crippen LogP contribution in [0, 0.1) is 0 Å². The average molecular weight is 250 g/mol. The van der Waals surface area contributed by atoms with Gasteiger partial charge >= 0.3 is 0 Å². The van der Waals surface area contributed by atoms with E-state index in [2.05, 4.69) is 10.2 Å². The third-order valence-electron chi connectivity index (χ3n) is 3.42. The van der Waals surface area contributed by atoms with Gasteiger partial charge in [0.1, 0.15) is 5.76 Å². The molecule has 1 aromatic heterocycles. The summed E-state index contributed by atoms with van der Waals surface area (Å²) in [5.74, 6) is 1.09. The van der Waals surface area contributed by atoms with Crippen molar-refractivity contribution >= 4 is 5.91 Å². The fourth-order valence-electron chi connectivity index (χ4n) is 2.47. The zero-order valence-electron chi connectivity index (χ0n) is 11.0. The maximum Gasteiger partial charge on any atom is 0.220 e. The third kappa shape index (κ3) is 3.35. The Labute approximate surface area is 108 Å². The Bertz CT molecular complexity index is 356. The molecule has 2 rings (SSSR count). The van der Waals surface area contributed by atoms with Gasteiger partial charge in [0.25, 0.3) is 0 Å². The van der Waals surface area contributed by atoms with Gasteiger partial charge in [-0.3, -0.25) is 9.69 Å². The molecule has 0 unspecified atom stereocenters. The van der Waals surface area contributed by atoms with E-state index in [-0.39, 0.29) is 11.9 Å². The number of hydrogen-bond donors (Lipinski definition) is 1. The van der Waals surface area contributed by atoms with Crippen molar-refractivity contribution in [2.45, 2.75) is 38.6 Å². The Balaban J connectivity index is 1.94. The lowest BCUT2D eigenvalue weighted by Gasteiger charge is -2.25. The second kappa shape index (κ2) is 6.59. The SMILES string of the molecule is CCCC(=O)NC[C@@H](c1ccco1)N1CCCC1. The molecule has 1 aromatic rings. The number of nitrogens with one attached hydrogen (secondary N) is 1. The van der Waals surface area contributed by atoms with Crippen LogP contribution in [0.4, 0.5) is 0 Å². The number of furan rings is 1. The second-order valence-corrected chi connectivity index (χ2v) is 4.83. The van der Waals surface area contributed by atoms with Crippen molar-refractivity contribution in [2.75, 3.05) is 19.6 Å². The first-order valence-corrected chi connectivity index (χ1v) is 6.85. The number of carbonyl (C=O) groups is 1. The van der Waals surface area contributed by atoms with E-state index in [4.69, 9.17) is 4.42 Å². The van der Waals surface area contributed by atoms with Crippen LogP contribution in [0.15, 0.2) is 22.8 Å². The summed E-state index contributed by atoms with van der Waals surface area (Å²) in [6, 6.07) is 4.09. The molecule has 1 atom stereocenters. The van der Waals surface area contributed by atoms with Gasteiger partial charge in [-0.05, 0) is 44.5 Å². The van der Waals surface area contributed by atoms with E-state index >= 15 is 0 Å². The van der Waals surface area contributed by atoms with Crippen LogP contribution in [0.3, 0.4) is 0 Å². The quantitative estimate of drug-likeness (QED) is 0.843. The Morgan fingerprint density at radius 2 is 2.28 bits per heavy atom. The fourth-order valence-corrected chi connectivity index (χ4v) is 2.47. The molecular weight excluding hydrogens is 228 g/mol. The molecule has 1 N–H and O–H groups in total. The Kier molecular flexibility index (Phi) is 4.81. The summed E-state index contributed by atoms with van der Waals surface area (Å²) in [5, 5.41) is 3.01. The summed E-state index contributed by atoms with van der Waals surface area (Å²) in [5.41, 5.74) is 0. The maximum atomic E-state index is 11.6. The Morgan fingerprint density at radius 1 is 1.50 bits per heavy atom. The van der Waals surface area contributed by atoms with E-state index in [0.717, 1.165) is 25.3 Å². The molecule has 1 saturated heterocycles. The highest BCUT2D eigenvalue weighted by atomic mass is 16.3. The van der Waals surface area contributed by atoms with Crippen molar-refractivity contribution in [3.8, 4) is 0 Å². The van der Waals surface area contributed by atoms with Crippen molar-refractivity contribution in [3.05, 3.63) is 24.2 Å². The van der Waals surface area contributed by atoms with Crippen LogP contribution >= 0.6 is 0 Å². The highest BCUT2D eigenvalue weighted by molar-refractivity contribution is 5.75. The maximum absolute atomic E-state index is 11.6. The van der Waals surface area contributed by atoms with Gasteiger partial charge in [0.2, 0.25) is 5.91 Å². The predicted octanol–water partition coefficient (Wildman–Crippen LogP) is 2.33. The summed E-state index contributed by atoms with van der Waals surface area (Å²) < 4.78 is 5.51. The highest BCUT2D eigenvalue weighted by Gasteiger charge is 2.25. The number of nitrogens with zero attached hydrogens (tertiary/aromatic N) is 1. The molecule has 1 aliphatic heterocycles. The van der Waals surface area contributed by atoms with E-state index in [1.807, 2.05) is 19.1 Å². The molecule has 2 heterocycles. The van der Waals surface area contributed by atoms with Crippen molar-refractivity contribution in [1.29, 1.82) is 0 Å². The monoisotopic (exact) mass is 250 g/mol. The minimum absolute atomic E-state index is 0.133. The van der Waals surface area contributed by atoms with Crippen molar-refractivity contribution in [1.82, 2.24) is 10.2 Å². The molecule has 0 bridgehead atoms. The highest BCUT2D eigenvalue weighted by Crippen LogP contribution is 2.24. The van der Waals surface area contributed by atoms with E-state index in [1.54, 1.807) is 6.26 Å². The number of likely N-dealkylation sites (tertiary alicyclic amines) is 1. The van der Waals surface area contributed by atoms with Crippen molar-refractivity contribution < 1.29 is 9.21 Å². The standard InChI is InChI=1S/C14H22N2O2/c1-2-6-14(17)15-11-12(13-7-5-10-18-13)16-8-3-4-9-16/h5,7,10,12H,2-4,6,8-9,11H2,1H3,(H,15,17)/t12-/m0/s1. The molecular formula is C14H22N2O2.